The number of nitrogens with zero attached hydrogens (tertiary/aromatic N) is 4. The van der Waals surface area contributed by atoms with E-state index in [4.69, 9.17) is 9.47 Å². The molecule has 2 heterocycles. The number of benzene rings is 2. The summed E-state index contributed by atoms with van der Waals surface area (Å²) in [6.45, 7) is 9.06. The molecule has 3 aromatic rings. The van der Waals surface area contributed by atoms with Crippen molar-refractivity contribution in [3.8, 4) is 17.2 Å². The molecule has 0 saturated carbocycles. The van der Waals surface area contributed by atoms with Crippen LogP contribution in [0.3, 0.4) is 0 Å². The number of hydrogen-bond donors (Lipinski definition) is 1. The minimum Gasteiger partial charge on any atom is -0.497 e. The van der Waals surface area contributed by atoms with Crippen LogP contribution in [-0.2, 0) is 0 Å². The number of piperazine rings is 1. The maximum Gasteiger partial charge on any atom is 0.279 e. The summed E-state index contributed by atoms with van der Waals surface area (Å²) in [7, 11) is 3.08. The lowest BCUT2D eigenvalue weighted by Gasteiger charge is -2.33. The molecule has 0 unspecified atom stereocenters. The molecule has 1 aromatic heterocycles. The topological polar surface area (TPSA) is 88.9 Å². The van der Waals surface area contributed by atoms with Crippen LogP contribution in [0, 0.1) is 0 Å². The van der Waals surface area contributed by atoms with Gasteiger partial charge in [0.15, 0.2) is 5.69 Å². The number of fused-ring (bicyclic) bond motifs is 1. The van der Waals surface area contributed by atoms with E-state index in [0.717, 1.165) is 45.7 Å². The minimum atomic E-state index is -0.321. The van der Waals surface area contributed by atoms with E-state index < -0.39 is 0 Å². The number of hydrogen-bond acceptors (Lipinski definition) is 7. The monoisotopic (exact) mass is 479 g/mol. The van der Waals surface area contributed by atoms with Crippen LogP contribution in [0.15, 0.2) is 47.3 Å². The van der Waals surface area contributed by atoms with Crippen LogP contribution in [0.5, 0.6) is 11.5 Å². The third-order valence-electron chi connectivity index (χ3n) is 6.45. The van der Waals surface area contributed by atoms with Crippen LogP contribution in [-0.4, -0.2) is 85.5 Å². The molecule has 0 radical (unpaired) electrons. The van der Waals surface area contributed by atoms with Crippen molar-refractivity contribution >= 4 is 16.7 Å². The summed E-state index contributed by atoms with van der Waals surface area (Å²) in [6, 6.07) is 12.1. The minimum absolute atomic E-state index is 0.207. The quantitative estimate of drug-likeness (QED) is 0.471. The smallest absolute Gasteiger partial charge is 0.279 e. The summed E-state index contributed by atoms with van der Waals surface area (Å²) in [5.41, 5.74) is 0.342. The van der Waals surface area contributed by atoms with Gasteiger partial charge in [-0.2, -0.15) is 9.78 Å². The second-order valence-corrected chi connectivity index (χ2v) is 8.57. The van der Waals surface area contributed by atoms with E-state index in [9.17, 15) is 9.59 Å². The van der Waals surface area contributed by atoms with Gasteiger partial charge in [-0.15, -0.1) is 0 Å². The van der Waals surface area contributed by atoms with Gasteiger partial charge >= 0.3 is 0 Å². The van der Waals surface area contributed by atoms with Gasteiger partial charge in [-0.3, -0.25) is 9.59 Å². The molecule has 0 aliphatic carbocycles. The average Bonchev–Trinajstić information content (AvgIpc) is 2.91. The Morgan fingerprint density at radius 3 is 2.23 bits per heavy atom. The summed E-state index contributed by atoms with van der Waals surface area (Å²) < 4.78 is 11.9. The van der Waals surface area contributed by atoms with Crippen molar-refractivity contribution in [3.63, 3.8) is 0 Å². The summed E-state index contributed by atoms with van der Waals surface area (Å²) in [4.78, 5) is 31.3. The normalized spacial score (nSPS) is 14.7. The van der Waals surface area contributed by atoms with Gasteiger partial charge in [0, 0.05) is 56.3 Å². The molecule has 1 aliphatic heterocycles. The third kappa shape index (κ3) is 5.63. The molecule has 2 aromatic carbocycles. The Bertz CT molecular complexity index is 1210. The van der Waals surface area contributed by atoms with E-state index in [2.05, 4.69) is 27.1 Å². The fraction of sp³-hybridized carbons (Fsp3) is 0.423. The van der Waals surface area contributed by atoms with Gasteiger partial charge in [0.25, 0.3) is 11.5 Å². The zero-order valence-electron chi connectivity index (χ0n) is 20.6. The van der Waals surface area contributed by atoms with E-state index in [-0.39, 0.29) is 17.2 Å². The van der Waals surface area contributed by atoms with Crippen LogP contribution in [0.2, 0.25) is 0 Å². The lowest BCUT2D eigenvalue weighted by Crippen LogP contribution is -2.46. The molecule has 1 N–H and O–H groups in total. The van der Waals surface area contributed by atoms with Crippen molar-refractivity contribution in [2.24, 2.45) is 0 Å². The van der Waals surface area contributed by atoms with Gasteiger partial charge in [0.05, 0.1) is 25.3 Å². The molecule has 186 valence electrons. The molecule has 0 atom stereocenters. The fourth-order valence-corrected chi connectivity index (χ4v) is 4.36. The number of methoxy groups -OCH3 is 2. The van der Waals surface area contributed by atoms with Gasteiger partial charge in [-0.05, 0) is 25.6 Å². The largest absolute Gasteiger partial charge is 0.497 e. The van der Waals surface area contributed by atoms with Crippen molar-refractivity contribution < 1.29 is 14.3 Å². The molecular formula is C26H33N5O4. The predicted octanol–water partition coefficient (Wildman–Crippen LogP) is 2.16. The predicted molar refractivity (Wildman–Crippen MR) is 136 cm³/mol. The van der Waals surface area contributed by atoms with Crippen molar-refractivity contribution in [3.05, 3.63) is 58.5 Å². The second kappa shape index (κ2) is 11.3. The van der Waals surface area contributed by atoms with E-state index in [0.29, 0.717) is 34.5 Å². The highest BCUT2D eigenvalue weighted by atomic mass is 16.5. The van der Waals surface area contributed by atoms with Crippen molar-refractivity contribution in [1.29, 1.82) is 0 Å². The Labute approximate surface area is 205 Å². The molecule has 0 spiro atoms. The van der Waals surface area contributed by atoms with Crippen LogP contribution < -0.4 is 20.3 Å². The van der Waals surface area contributed by atoms with Gasteiger partial charge in [0.2, 0.25) is 0 Å². The summed E-state index contributed by atoms with van der Waals surface area (Å²) in [5, 5.41) is 8.41. The zero-order chi connectivity index (χ0) is 24.8. The maximum atomic E-state index is 13.3. The second-order valence-electron chi connectivity index (χ2n) is 8.57. The first-order chi connectivity index (χ1) is 17.0. The van der Waals surface area contributed by atoms with E-state index in [1.807, 2.05) is 0 Å². The SMILES string of the molecule is CCN1CCN(CCCNC(=O)c2nn(-c3cc(OC)cc(OC)c3)c(=O)c3ccccc23)CC1. The van der Waals surface area contributed by atoms with Gasteiger partial charge < -0.3 is 24.6 Å². The van der Waals surface area contributed by atoms with Crippen LogP contribution in [0.1, 0.15) is 23.8 Å². The average molecular weight is 480 g/mol. The molecule has 4 rings (SSSR count). The van der Waals surface area contributed by atoms with Gasteiger partial charge in [-0.25, -0.2) is 0 Å². The highest BCUT2D eigenvalue weighted by Gasteiger charge is 2.19. The third-order valence-corrected chi connectivity index (χ3v) is 6.45. The lowest BCUT2D eigenvalue weighted by molar-refractivity contribution is 0.0943. The molecule has 9 heteroatoms. The van der Waals surface area contributed by atoms with Crippen LogP contribution in [0.25, 0.3) is 16.5 Å². The number of ether oxygens (including phenoxy) is 2. The van der Waals surface area contributed by atoms with Gasteiger partial charge in [0.1, 0.15) is 11.5 Å². The number of amides is 1. The molecule has 1 amide bonds. The molecule has 1 fully saturated rings. The number of nitrogens with one attached hydrogen (secondary N) is 1. The number of aromatic nitrogens is 2. The van der Waals surface area contributed by atoms with Gasteiger partial charge in [-0.1, -0.05) is 25.1 Å². The highest BCUT2D eigenvalue weighted by molar-refractivity contribution is 6.04. The van der Waals surface area contributed by atoms with Crippen molar-refractivity contribution in [2.75, 3.05) is 60.0 Å². The Morgan fingerprint density at radius 1 is 0.971 bits per heavy atom. The Morgan fingerprint density at radius 2 is 1.60 bits per heavy atom. The summed E-state index contributed by atoms with van der Waals surface area (Å²) >= 11 is 0. The molecule has 1 saturated heterocycles. The van der Waals surface area contributed by atoms with Crippen molar-refractivity contribution in [1.82, 2.24) is 24.9 Å². The number of carbonyl (C=O) groups excluding carboxylic acids is 1. The Balaban J connectivity index is 1.54. The lowest BCUT2D eigenvalue weighted by atomic mass is 10.1. The standard InChI is InChI=1S/C26H33N5O4/c1-4-29-12-14-30(15-13-29)11-7-10-27-25(32)24-22-8-5-6-9-23(22)26(33)31(28-24)19-16-20(34-2)18-21(17-19)35-3/h5-6,8-9,16-18H,4,7,10-15H2,1-3H3,(H,27,32). The number of carbonyl (C=O) groups is 1. The van der Waals surface area contributed by atoms with Crippen LogP contribution in [0.4, 0.5) is 0 Å². The first kappa shape index (κ1) is 24.7. The highest BCUT2D eigenvalue weighted by Crippen LogP contribution is 2.25. The Kier molecular flexibility index (Phi) is 7.99. The van der Waals surface area contributed by atoms with E-state index >= 15 is 0 Å². The first-order valence-corrected chi connectivity index (χ1v) is 12.0. The molecule has 35 heavy (non-hydrogen) atoms. The van der Waals surface area contributed by atoms with E-state index in [1.165, 1.54) is 18.9 Å². The zero-order valence-corrected chi connectivity index (χ0v) is 20.6. The van der Waals surface area contributed by atoms with Crippen LogP contribution >= 0.6 is 0 Å². The molecule has 9 nitrogen and oxygen atoms in total. The van der Waals surface area contributed by atoms with Crippen molar-refractivity contribution in [2.45, 2.75) is 13.3 Å². The first-order valence-electron chi connectivity index (χ1n) is 12.0. The maximum absolute atomic E-state index is 13.3. The molecule has 1 aliphatic rings. The molecular weight excluding hydrogens is 446 g/mol. The fourth-order valence-electron chi connectivity index (χ4n) is 4.36. The van der Waals surface area contributed by atoms with E-state index in [1.54, 1.807) is 42.5 Å². The summed E-state index contributed by atoms with van der Waals surface area (Å²) in [6.07, 6.45) is 0.850. The number of rotatable bonds is 9. The Hall–Kier alpha value is -3.43. The molecule has 0 bridgehead atoms. The number of likely N-dealkylation sites (N-methyl/N-ethyl adjacent to an activating group) is 1. The summed E-state index contributed by atoms with van der Waals surface area (Å²) in [5.74, 6) is 0.736.